The van der Waals surface area contributed by atoms with Crippen molar-refractivity contribution in [3.63, 3.8) is 0 Å². The molecule has 1 N–H and O–H groups in total. The zero-order chi connectivity index (χ0) is 23.0. The second kappa shape index (κ2) is 8.52. The minimum Gasteiger partial charge on any atom is -0.444 e. The van der Waals surface area contributed by atoms with Crippen molar-refractivity contribution in [3.8, 4) is 5.69 Å². The van der Waals surface area contributed by atoms with Gasteiger partial charge in [0.25, 0.3) is 5.91 Å². The van der Waals surface area contributed by atoms with Gasteiger partial charge in [-0.1, -0.05) is 0 Å². The van der Waals surface area contributed by atoms with Gasteiger partial charge in [0.05, 0.1) is 5.69 Å². The minimum absolute atomic E-state index is 0.0772. The van der Waals surface area contributed by atoms with Crippen molar-refractivity contribution in [2.24, 2.45) is 0 Å². The van der Waals surface area contributed by atoms with E-state index in [0.717, 1.165) is 42.7 Å². The molecule has 9 heteroatoms. The summed E-state index contributed by atoms with van der Waals surface area (Å²) < 4.78 is 34.0. The van der Waals surface area contributed by atoms with E-state index in [9.17, 15) is 18.4 Å². The number of piperidine rings is 1. The fourth-order valence-corrected chi connectivity index (χ4v) is 4.24. The zero-order valence-electron chi connectivity index (χ0n) is 18.6. The SMILES string of the molecule is CC(C)(C)OC(=O)N1CCC(NC(=O)c2nn(-c3ccc(F)c(F)c3)c3c2CCC3)CC1. The van der Waals surface area contributed by atoms with Crippen molar-refractivity contribution in [2.45, 2.75) is 64.5 Å². The van der Waals surface area contributed by atoms with Crippen molar-refractivity contribution >= 4 is 12.0 Å². The first-order valence-corrected chi connectivity index (χ1v) is 11.0. The van der Waals surface area contributed by atoms with Crippen LogP contribution in [0.25, 0.3) is 5.69 Å². The predicted molar refractivity (Wildman–Crippen MR) is 114 cm³/mol. The molecule has 1 fully saturated rings. The summed E-state index contributed by atoms with van der Waals surface area (Å²) >= 11 is 0. The molecule has 0 spiro atoms. The number of carbonyl (C=O) groups excluding carboxylic acids is 2. The average molecular weight is 446 g/mol. The van der Waals surface area contributed by atoms with Gasteiger partial charge in [-0.15, -0.1) is 0 Å². The van der Waals surface area contributed by atoms with Crippen molar-refractivity contribution < 1.29 is 23.1 Å². The number of benzene rings is 1. The maximum absolute atomic E-state index is 13.7. The molecular formula is C23H28F2N4O3. The number of aromatic nitrogens is 2. The molecule has 4 rings (SSSR count). The highest BCUT2D eigenvalue weighted by Crippen LogP contribution is 2.28. The molecule has 1 aromatic carbocycles. The molecule has 32 heavy (non-hydrogen) atoms. The molecule has 172 valence electrons. The van der Waals surface area contributed by atoms with Gasteiger partial charge in [0, 0.05) is 36.5 Å². The summed E-state index contributed by atoms with van der Waals surface area (Å²) in [6, 6.07) is 3.53. The third-order valence-corrected chi connectivity index (χ3v) is 5.77. The number of fused-ring (bicyclic) bond motifs is 1. The second-order valence-corrected chi connectivity index (χ2v) is 9.35. The predicted octanol–water partition coefficient (Wildman–Crippen LogP) is 3.77. The number of halogens is 2. The number of likely N-dealkylation sites (tertiary alicyclic amines) is 1. The van der Waals surface area contributed by atoms with Crippen LogP contribution in [0, 0.1) is 11.6 Å². The minimum atomic E-state index is -0.951. The van der Waals surface area contributed by atoms with Crippen LogP contribution >= 0.6 is 0 Å². The highest BCUT2D eigenvalue weighted by Gasteiger charge is 2.31. The first-order valence-electron chi connectivity index (χ1n) is 11.0. The molecule has 1 aliphatic carbocycles. The molecule has 2 amide bonds. The first kappa shape index (κ1) is 22.2. The monoisotopic (exact) mass is 446 g/mol. The fraction of sp³-hybridized carbons (Fsp3) is 0.522. The lowest BCUT2D eigenvalue weighted by Gasteiger charge is -2.33. The van der Waals surface area contributed by atoms with Crippen LogP contribution in [0.3, 0.4) is 0 Å². The number of amides is 2. The van der Waals surface area contributed by atoms with E-state index in [1.54, 1.807) is 9.58 Å². The largest absolute Gasteiger partial charge is 0.444 e. The Hall–Kier alpha value is -2.97. The van der Waals surface area contributed by atoms with Crippen LogP contribution in [-0.2, 0) is 17.6 Å². The molecule has 0 bridgehead atoms. The lowest BCUT2D eigenvalue weighted by Crippen LogP contribution is -2.48. The van der Waals surface area contributed by atoms with E-state index in [2.05, 4.69) is 10.4 Å². The van der Waals surface area contributed by atoms with Crippen molar-refractivity contribution in [3.05, 3.63) is 46.8 Å². The lowest BCUT2D eigenvalue weighted by molar-refractivity contribution is 0.0199. The van der Waals surface area contributed by atoms with E-state index in [4.69, 9.17) is 4.74 Å². The Labute approximate surface area is 185 Å². The summed E-state index contributed by atoms with van der Waals surface area (Å²) in [5.74, 6) is -2.15. The van der Waals surface area contributed by atoms with Gasteiger partial charge in [-0.25, -0.2) is 18.3 Å². The Morgan fingerprint density at radius 2 is 1.84 bits per heavy atom. The highest BCUT2D eigenvalue weighted by molar-refractivity contribution is 5.94. The van der Waals surface area contributed by atoms with Crippen LogP contribution in [0.4, 0.5) is 13.6 Å². The molecule has 0 unspecified atom stereocenters. The number of nitrogens with zero attached hydrogens (tertiary/aromatic N) is 3. The van der Waals surface area contributed by atoms with Gasteiger partial charge in [0.1, 0.15) is 5.60 Å². The lowest BCUT2D eigenvalue weighted by atomic mass is 10.0. The molecule has 1 aliphatic heterocycles. The van der Waals surface area contributed by atoms with Crippen LogP contribution in [0.15, 0.2) is 18.2 Å². The molecule has 0 saturated carbocycles. The third kappa shape index (κ3) is 4.61. The summed E-state index contributed by atoms with van der Waals surface area (Å²) in [6.45, 7) is 6.49. The molecule has 1 saturated heterocycles. The number of ether oxygens (including phenoxy) is 1. The fourth-order valence-electron chi connectivity index (χ4n) is 4.24. The second-order valence-electron chi connectivity index (χ2n) is 9.35. The molecule has 1 aromatic heterocycles. The summed E-state index contributed by atoms with van der Waals surface area (Å²) in [7, 11) is 0. The summed E-state index contributed by atoms with van der Waals surface area (Å²) in [5.41, 5.74) is 1.90. The van der Waals surface area contributed by atoms with Crippen molar-refractivity contribution in [1.82, 2.24) is 20.0 Å². The maximum Gasteiger partial charge on any atom is 0.410 e. The topological polar surface area (TPSA) is 76.5 Å². The van der Waals surface area contributed by atoms with E-state index < -0.39 is 17.2 Å². The maximum atomic E-state index is 13.7. The van der Waals surface area contributed by atoms with Gasteiger partial charge < -0.3 is 15.0 Å². The van der Waals surface area contributed by atoms with Gasteiger partial charge in [-0.3, -0.25) is 4.79 Å². The number of hydrogen-bond donors (Lipinski definition) is 1. The third-order valence-electron chi connectivity index (χ3n) is 5.77. The zero-order valence-corrected chi connectivity index (χ0v) is 18.6. The Bertz CT molecular complexity index is 1040. The Kier molecular flexibility index (Phi) is 5.92. The van der Waals surface area contributed by atoms with E-state index in [-0.39, 0.29) is 18.0 Å². The van der Waals surface area contributed by atoms with Crippen LogP contribution in [0.1, 0.15) is 61.8 Å². The Morgan fingerprint density at radius 1 is 1.12 bits per heavy atom. The quantitative estimate of drug-likeness (QED) is 0.779. The van der Waals surface area contributed by atoms with Gasteiger partial charge >= 0.3 is 6.09 Å². The van der Waals surface area contributed by atoms with Gasteiger partial charge in [0.2, 0.25) is 0 Å². The Balaban J connectivity index is 1.44. The molecular weight excluding hydrogens is 418 g/mol. The normalized spacial score (nSPS) is 16.7. The van der Waals surface area contributed by atoms with Gasteiger partial charge in [0.15, 0.2) is 17.3 Å². The van der Waals surface area contributed by atoms with E-state index in [0.29, 0.717) is 37.3 Å². The van der Waals surface area contributed by atoms with Gasteiger partial charge in [-0.05, 0) is 65.0 Å². The number of carbonyl (C=O) groups is 2. The molecule has 0 atom stereocenters. The highest BCUT2D eigenvalue weighted by atomic mass is 19.2. The van der Waals surface area contributed by atoms with Crippen LogP contribution < -0.4 is 5.32 Å². The Morgan fingerprint density at radius 3 is 2.50 bits per heavy atom. The van der Waals surface area contributed by atoms with Gasteiger partial charge in [-0.2, -0.15) is 5.10 Å². The van der Waals surface area contributed by atoms with E-state index in [1.807, 2.05) is 20.8 Å². The summed E-state index contributed by atoms with van der Waals surface area (Å²) in [5, 5.41) is 7.48. The number of nitrogens with one attached hydrogen (secondary N) is 1. The standard InChI is InChI=1S/C23H28F2N4O3/c1-23(2,3)32-22(31)28-11-9-14(10-12-28)26-21(30)20-16-5-4-6-19(16)29(27-20)15-7-8-17(24)18(25)13-15/h7-8,13-14H,4-6,9-12H2,1-3H3,(H,26,30). The molecule has 2 aliphatic rings. The van der Waals surface area contributed by atoms with Crippen LogP contribution in [0.5, 0.6) is 0 Å². The van der Waals surface area contributed by atoms with Crippen LogP contribution in [0.2, 0.25) is 0 Å². The number of rotatable bonds is 3. The molecule has 2 aromatic rings. The molecule has 7 nitrogen and oxygen atoms in total. The summed E-state index contributed by atoms with van der Waals surface area (Å²) in [6.07, 6.45) is 3.23. The molecule has 2 heterocycles. The average Bonchev–Trinajstić information content (AvgIpc) is 3.32. The summed E-state index contributed by atoms with van der Waals surface area (Å²) in [4.78, 5) is 26.9. The molecule has 0 radical (unpaired) electrons. The van der Waals surface area contributed by atoms with Crippen molar-refractivity contribution in [2.75, 3.05) is 13.1 Å². The van der Waals surface area contributed by atoms with E-state index in [1.165, 1.54) is 6.07 Å². The number of hydrogen-bond acceptors (Lipinski definition) is 4. The first-order chi connectivity index (χ1) is 15.1. The smallest absolute Gasteiger partial charge is 0.410 e. The van der Waals surface area contributed by atoms with Crippen LogP contribution in [-0.4, -0.2) is 51.4 Å². The van der Waals surface area contributed by atoms with E-state index >= 15 is 0 Å². The van der Waals surface area contributed by atoms with Crippen molar-refractivity contribution in [1.29, 1.82) is 0 Å².